The van der Waals surface area contributed by atoms with Gasteiger partial charge < -0.3 is 20.1 Å². The average molecular weight is 476 g/mol. The van der Waals surface area contributed by atoms with Crippen molar-refractivity contribution in [3.05, 3.63) is 83.1 Å². The van der Waals surface area contributed by atoms with E-state index in [0.717, 1.165) is 46.7 Å². The van der Waals surface area contributed by atoms with Crippen molar-refractivity contribution in [2.45, 2.75) is 45.6 Å². The number of methoxy groups -OCH3 is 1. The summed E-state index contributed by atoms with van der Waals surface area (Å²) in [5, 5.41) is 12.9. The molecule has 0 aliphatic carbocycles. The lowest BCUT2D eigenvalue weighted by atomic mass is 9.92. The van der Waals surface area contributed by atoms with Crippen LogP contribution in [0.5, 0.6) is 5.75 Å². The molecule has 2 aromatic carbocycles. The monoisotopic (exact) mass is 475 g/mol. The Balaban J connectivity index is 0.00000167. The quantitative estimate of drug-likeness (QED) is 0.615. The summed E-state index contributed by atoms with van der Waals surface area (Å²) >= 11 is 0. The van der Waals surface area contributed by atoms with Crippen molar-refractivity contribution in [1.82, 2.24) is 10.2 Å². The van der Waals surface area contributed by atoms with Gasteiger partial charge in [0, 0.05) is 48.0 Å². The van der Waals surface area contributed by atoms with Crippen LogP contribution >= 0.6 is 0 Å². The highest BCUT2D eigenvalue weighted by Crippen LogP contribution is 2.35. The van der Waals surface area contributed by atoms with E-state index < -0.39 is 0 Å². The topological polar surface area (TPSA) is 74.2 Å². The van der Waals surface area contributed by atoms with Crippen LogP contribution in [0.25, 0.3) is 5.57 Å². The molecule has 0 radical (unpaired) electrons. The highest BCUT2D eigenvalue weighted by molar-refractivity contribution is 6.17. The zero-order valence-electron chi connectivity index (χ0n) is 21.4. The number of amides is 1. The minimum Gasteiger partial charge on any atom is -0.496 e. The number of nitrogens with zero attached hydrogens (tertiary/aromatic N) is 2. The molecule has 0 saturated carbocycles. The van der Waals surface area contributed by atoms with Gasteiger partial charge in [-0.05, 0) is 36.6 Å². The van der Waals surface area contributed by atoms with Crippen LogP contribution in [0.3, 0.4) is 0 Å². The molecule has 6 heteroatoms. The summed E-state index contributed by atoms with van der Waals surface area (Å²) in [6.07, 6.45) is 5.93. The van der Waals surface area contributed by atoms with E-state index in [1.54, 1.807) is 19.1 Å². The normalized spacial score (nSPS) is 20.2. The van der Waals surface area contributed by atoms with Crippen molar-refractivity contribution in [3.63, 3.8) is 0 Å². The summed E-state index contributed by atoms with van der Waals surface area (Å²) in [5.41, 5.74) is 4.74. The number of para-hydroxylation sites is 1. The number of ether oxygens (including phenoxy) is 1. The predicted molar refractivity (Wildman–Crippen MR) is 143 cm³/mol. The van der Waals surface area contributed by atoms with Crippen LogP contribution in [0.4, 0.5) is 0 Å². The molecule has 1 unspecified atom stereocenters. The van der Waals surface area contributed by atoms with Crippen molar-refractivity contribution in [3.8, 4) is 5.75 Å². The van der Waals surface area contributed by atoms with E-state index in [-0.39, 0.29) is 24.5 Å². The molecular weight excluding hydrogens is 438 g/mol. The molecule has 4 rings (SSSR count). The standard InChI is InChI=1S/C27H31N3O3.C2H6/c1-18(19-8-6-9-20(15-19)27(32)30-13-7-10-21(30)17-31)14-23-24(16-29-26(23)28-2)22-11-4-5-12-25(22)33-3;1-2/h4-6,8-9,11-12,14-16,18,21,31H,7,10,13,17H2,1-3H3,(H,28,29);1-2H3/b23-14-;/t18?,21-;/m1./s1. The summed E-state index contributed by atoms with van der Waals surface area (Å²) in [5.74, 6) is 1.65. The summed E-state index contributed by atoms with van der Waals surface area (Å²) < 4.78 is 5.58. The maximum atomic E-state index is 13.1. The Kier molecular flexibility index (Phi) is 9.26. The van der Waals surface area contributed by atoms with E-state index in [1.165, 1.54) is 0 Å². The molecule has 0 spiro atoms. The van der Waals surface area contributed by atoms with Gasteiger partial charge in [0.2, 0.25) is 0 Å². The number of carbonyl (C=O) groups is 1. The van der Waals surface area contributed by atoms with Gasteiger partial charge >= 0.3 is 0 Å². The molecule has 0 bridgehead atoms. The Hall–Kier alpha value is -3.38. The van der Waals surface area contributed by atoms with Gasteiger partial charge in [-0.1, -0.05) is 57.2 Å². The second-order valence-electron chi connectivity index (χ2n) is 8.45. The van der Waals surface area contributed by atoms with Crippen molar-refractivity contribution in [1.29, 1.82) is 0 Å². The summed E-state index contributed by atoms with van der Waals surface area (Å²) in [6.45, 7) is 6.83. The second-order valence-corrected chi connectivity index (χ2v) is 8.45. The van der Waals surface area contributed by atoms with Crippen LogP contribution in [-0.2, 0) is 0 Å². The molecule has 6 nitrogen and oxygen atoms in total. The Bertz CT molecular complexity index is 1120. The first-order chi connectivity index (χ1) is 17.1. The molecule has 2 aliphatic heterocycles. The van der Waals surface area contributed by atoms with Crippen LogP contribution in [0, 0.1) is 0 Å². The molecular formula is C29H37N3O3. The number of hydrogen-bond donors (Lipinski definition) is 2. The average Bonchev–Trinajstić information content (AvgIpc) is 3.56. The first-order valence-electron chi connectivity index (χ1n) is 12.4. The van der Waals surface area contributed by atoms with Crippen LogP contribution in [0.15, 0.2) is 71.4 Å². The van der Waals surface area contributed by atoms with E-state index in [4.69, 9.17) is 4.74 Å². The van der Waals surface area contributed by atoms with Gasteiger partial charge in [0.15, 0.2) is 0 Å². The third kappa shape index (κ3) is 5.65. The van der Waals surface area contributed by atoms with Crippen LogP contribution in [0.2, 0.25) is 0 Å². The molecule has 2 heterocycles. The smallest absolute Gasteiger partial charge is 0.254 e. The fourth-order valence-corrected chi connectivity index (χ4v) is 4.63. The lowest BCUT2D eigenvalue weighted by Gasteiger charge is -2.23. The molecule has 186 valence electrons. The van der Waals surface area contributed by atoms with Gasteiger partial charge in [0.25, 0.3) is 5.91 Å². The number of amidine groups is 1. The maximum absolute atomic E-state index is 13.1. The van der Waals surface area contributed by atoms with Crippen LogP contribution in [0.1, 0.15) is 61.0 Å². The summed E-state index contributed by atoms with van der Waals surface area (Å²) in [6, 6.07) is 15.7. The van der Waals surface area contributed by atoms with Gasteiger partial charge in [0.05, 0.1) is 19.8 Å². The summed E-state index contributed by atoms with van der Waals surface area (Å²) in [4.78, 5) is 19.3. The first kappa shape index (κ1) is 26.2. The van der Waals surface area contributed by atoms with E-state index >= 15 is 0 Å². The maximum Gasteiger partial charge on any atom is 0.254 e. The van der Waals surface area contributed by atoms with Gasteiger partial charge in [-0.2, -0.15) is 0 Å². The molecule has 35 heavy (non-hydrogen) atoms. The first-order valence-corrected chi connectivity index (χ1v) is 12.4. The van der Waals surface area contributed by atoms with E-state index in [2.05, 4.69) is 23.3 Å². The lowest BCUT2D eigenvalue weighted by molar-refractivity contribution is 0.0677. The number of aliphatic hydroxyl groups is 1. The zero-order valence-corrected chi connectivity index (χ0v) is 21.4. The number of rotatable bonds is 6. The number of allylic oxidation sites excluding steroid dienone is 1. The largest absolute Gasteiger partial charge is 0.496 e. The van der Waals surface area contributed by atoms with E-state index in [1.807, 2.05) is 68.6 Å². The minimum absolute atomic E-state index is 0.0120. The molecule has 2 atom stereocenters. The fraction of sp³-hybridized carbons (Fsp3) is 0.379. The van der Waals surface area contributed by atoms with Crippen molar-refractivity contribution < 1.29 is 14.6 Å². The van der Waals surface area contributed by atoms with Gasteiger partial charge in [-0.25, -0.2) is 0 Å². The summed E-state index contributed by atoms with van der Waals surface area (Å²) in [7, 11) is 3.44. The van der Waals surface area contributed by atoms with Gasteiger partial charge in [0.1, 0.15) is 11.6 Å². The van der Waals surface area contributed by atoms with Gasteiger partial charge in [-0.3, -0.25) is 9.79 Å². The Morgan fingerprint density at radius 1 is 1.26 bits per heavy atom. The third-order valence-electron chi connectivity index (χ3n) is 6.44. The number of aliphatic imine (C=N–C) groups is 1. The highest BCUT2D eigenvalue weighted by atomic mass is 16.5. The number of carbonyl (C=O) groups excluding carboxylic acids is 1. The van der Waals surface area contributed by atoms with E-state index in [0.29, 0.717) is 12.1 Å². The molecule has 0 aromatic heterocycles. The van der Waals surface area contributed by atoms with Gasteiger partial charge in [-0.15, -0.1) is 0 Å². The molecule has 1 amide bonds. The lowest BCUT2D eigenvalue weighted by Crippen LogP contribution is -2.37. The molecule has 1 fully saturated rings. The fourth-order valence-electron chi connectivity index (χ4n) is 4.63. The van der Waals surface area contributed by atoms with Crippen LogP contribution in [-0.4, -0.2) is 55.1 Å². The number of hydrogen-bond acceptors (Lipinski definition) is 4. The molecule has 1 saturated heterocycles. The van der Waals surface area contributed by atoms with E-state index in [9.17, 15) is 9.90 Å². The Labute approximate surface area is 209 Å². The van der Waals surface area contributed by atoms with Crippen molar-refractivity contribution in [2.75, 3.05) is 27.3 Å². The van der Waals surface area contributed by atoms with Crippen molar-refractivity contribution in [2.24, 2.45) is 4.99 Å². The van der Waals surface area contributed by atoms with Crippen molar-refractivity contribution >= 4 is 17.3 Å². The minimum atomic E-state index is -0.0814. The number of likely N-dealkylation sites (tertiary alicyclic amines) is 1. The number of benzene rings is 2. The number of nitrogens with one attached hydrogen (secondary N) is 1. The molecule has 2 N–H and O–H groups in total. The highest BCUT2D eigenvalue weighted by Gasteiger charge is 2.29. The Morgan fingerprint density at radius 2 is 2.03 bits per heavy atom. The second kappa shape index (κ2) is 12.4. The Morgan fingerprint density at radius 3 is 2.74 bits per heavy atom. The zero-order chi connectivity index (χ0) is 25.4. The molecule has 2 aliphatic rings. The molecule has 2 aromatic rings. The number of aliphatic hydroxyl groups excluding tert-OH is 1. The van der Waals surface area contributed by atoms with Crippen LogP contribution < -0.4 is 10.1 Å². The predicted octanol–water partition coefficient (Wildman–Crippen LogP) is 5.02. The SMILES string of the molecule is CC.CN=C1NC=C(c2ccccc2OC)/C1=C/C(C)c1cccc(C(=O)N2CCC[C@@H]2CO)c1. The third-order valence-corrected chi connectivity index (χ3v) is 6.44.